The van der Waals surface area contributed by atoms with Crippen LogP contribution in [0.3, 0.4) is 0 Å². The van der Waals surface area contributed by atoms with Crippen molar-refractivity contribution >= 4 is 17.8 Å². The van der Waals surface area contributed by atoms with Gasteiger partial charge in [-0.2, -0.15) is 0 Å². The third-order valence-corrected chi connectivity index (χ3v) is 3.97. The van der Waals surface area contributed by atoms with Crippen LogP contribution >= 0.6 is 0 Å². The Morgan fingerprint density at radius 3 is 2.65 bits per heavy atom. The lowest BCUT2D eigenvalue weighted by Crippen LogP contribution is -2.49. The van der Waals surface area contributed by atoms with Crippen LogP contribution < -0.4 is 0 Å². The van der Waals surface area contributed by atoms with Crippen LogP contribution in [-0.4, -0.2) is 50.6 Å². The molecule has 0 bridgehead atoms. The molecule has 1 unspecified atom stereocenters. The molecule has 126 valence electrons. The summed E-state index contributed by atoms with van der Waals surface area (Å²) in [7, 11) is 1.27. The molecule has 1 amide bonds. The molecule has 23 heavy (non-hydrogen) atoms. The fourth-order valence-corrected chi connectivity index (χ4v) is 2.74. The molecular formula is C15H21N3O5. The minimum absolute atomic E-state index is 0.145. The Hall–Kier alpha value is -2.38. The molecule has 8 heteroatoms. The Morgan fingerprint density at radius 1 is 1.39 bits per heavy atom. The quantitative estimate of drug-likeness (QED) is 0.803. The van der Waals surface area contributed by atoms with Gasteiger partial charge in [0.25, 0.3) is 0 Å². The van der Waals surface area contributed by atoms with E-state index in [-0.39, 0.29) is 37.8 Å². The zero-order chi connectivity index (χ0) is 17.1. The van der Waals surface area contributed by atoms with Crippen LogP contribution in [0.15, 0.2) is 6.33 Å². The summed E-state index contributed by atoms with van der Waals surface area (Å²) in [6, 6.07) is -0.582. The van der Waals surface area contributed by atoms with Crippen molar-refractivity contribution in [2.75, 3.05) is 7.11 Å². The summed E-state index contributed by atoms with van der Waals surface area (Å²) in [5.74, 6) is -1.93. The number of rotatable bonds is 5. The van der Waals surface area contributed by atoms with E-state index in [9.17, 15) is 14.4 Å². The van der Waals surface area contributed by atoms with Crippen molar-refractivity contribution in [1.82, 2.24) is 14.5 Å². The number of carbonyl (C=O) groups is 3. The van der Waals surface area contributed by atoms with Crippen molar-refractivity contribution in [3.05, 3.63) is 17.7 Å². The number of carboxylic acids is 1. The maximum atomic E-state index is 12.4. The number of ether oxygens (including phenoxy) is 1. The van der Waals surface area contributed by atoms with E-state index in [1.54, 1.807) is 6.33 Å². The Morgan fingerprint density at radius 2 is 2.09 bits per heavy atom. The normalized spacial score (nSPS) is 17.0. The maximum absolute atomic E-state index is 12.4. The minimum Gasteiger partial charge on any atom is -0.481 e. The molecule has 0 fully saturated rings. The predicted molar refractivity (Wildman–Crippen MR) is 79.5 cm³/mol. The highest BCUT2D eigenvalue weighted by molar-refractivity contribution is 5.86. The number of aromatic nitrogens is 2. The largest absolute Gasteiger partial charge is 0.481 e. The highest BCUT2D eigenvalue weighted by Crippen LogP contribution is 2.26. The summed E-state index contributed by atoms with van der Waals surface area (Å²) in [4.78, 5) is 40.8. The second-order valence-corrected chi connectivity index (χ2v) is 5.80. The Kier molecular flexibility index (Phi) is 5.02. The summed E-state index contributed by atoms with van der Waals surface area (Å²) in [5, 5.41) is 8.75. The minimum atomic E-state index is -1.04. The first-order valence-electron chi connectivity index (χ1n) is 7.48. The van der Waals surface area contributed by atoms with Crippen molar-refractivity contribution < 1.29 is 24.2 Å². The van der Waals surface area contributed by atoms with Crippen molar-refractivity contribution in [3.8, 4) is 0 Å². The monoisotopic (exact) mass is 323 g/mol. The van der Waals surface area contributed by atoms with Crippen molar-refractivity contribution in [1.29, 1.82) is 0 Å². The highest BCUT2D eigenvalue weighted by atomic mass is 16.5. The van der Waals surface area contributed by atoms with Crippen molar-refractivity contribution in [3.63, 3.8) is 0 Å². The molecule has 1 aromatic heterocycles. The summed E-state index contributed by atoms with van der Waals surface area (Å²) in [5.41, 5.74) is 1.65. The van der Waals surface area contributed by atoms with Crippen LogP contribution in [0.1, 0.15) is 44.1 Å². The van der Waals surface area contributed by atoms with Crippen LogP contribution in [-0.2, 0) is 32.1 Å². The number of imidazole rings is 1. The molecule has 0 radical (unpaired) electrons. The molecule has 0 spiro atoms. The van der Waals surface area contributed by atoms with Gasteiger partial charge in [0.05, 0.1) is 37.8 Å². The van der Waals surface area contributed by atoms with Gasteiger partial charge in [0, 0.05) is 18.9 Å². The van der Waals surface area contributed by atoms with Gasteiger partial charge < -0.3 is 19.3 Å². The molecule has 1 atom stereocenters. The van der Waals surface area contributed by atoms with E-state index in [1.165, 1.54) is 12.0 Å². The average Bonchev–Trinajstić information content (AvgIpc) is 2.93. The molecular weight excluding hydrogens is 302 g/mol. The van der Waals surface area contributed by atoms with Crippen LogP contribution in [0.4, 0.5) is 0 Å². The lowest BCUT2D eigenvalue weighted by atomic mass is 10.0. The van der Waals surface area contributed by atoms with Gasteiger partial charge in [-0.3, -0.25) is 9.59 Å². The number of carboxylic acid groups (broad SMARTS) is 1. The molecule has 1 N–H and O–H groups in total. The number of esters is 1. The van der Waals surface area contributed by atoms with Crippen LogP contribution in [0, 0.1) is 0 Å². The highest BCUT2D eigenvalue weighted by Gasteiger charge is 2.37. The number of hydrogen-bond acceptors (Lipinski definition) is 5. The number of carbonyl (C=O) groups excluding carboxylic acids is 2. The van der Waals surface area contributed by atoms with E-state index in [2.05, 4.69) is 4.98 Å². The number of aliphatic carboxylic acids is 1. The van der Waals surface area contributed by atoms with E-state index in [0.29, 0.717) is 0 Å². The van der Waals surface area contributed by atoms with E-state index < -0.39 is 18.0 Å². The molecule has 2 rings (SSSR count). The van der Waals surface area contributed by atoms with E-state index >= 15 is 0 Å². The molecule has 0 aromatic carbocycles. The van der Waals surface area contributed by atoms with Gasteiger partial charge in [-0.1, -0.05) is 0 Å². The van der Waals surface area contributed by atoms with Crippen LogP contribution in [0.25, 0.3) is 0 Å². The molecule has 1 aliphatic rings. The van der Waals surface area contributed by atoms with Crippen LogP contribution in [0.2, 0.25) is 0 Å². The van der Waals surface area contributed by atoms with Gasteiger partial charge in [-0.05, 0) is 13.8 Å². The predicted octanol–water partition coefficient (Wildman–Crippen LogP) is 0.755. The molecule has 1 aliphatic heterocycles. The molecule has 8 nitrogen and oxygen atoms in total. The fourth-order valence-electron chi connectivity index (χ4n) is 2.74. The van der Waals surface area contributed by atoms with E-state index in [4.69, 9.17) is 9.84 Å². The van der Waals surface area contributed by atoms with Crippen molar-refractivity contribution in [2.45, 2.75) is 51.7 Å². The molecule has 1 aromatic rings. The lowest BCUT2D eigenvalue weighted by molar-refractivity contribution is -0.154. The van der Waals surface area contributed by atoms with Gasteiger partial charge in [-0.25, -0.2) is 9.78 Å². The second-order valence-electron chi connectivity index (χ2n) is 5.80. The topological polar surface area (TPSA) is 102 Å². The zero-order valence-electron chi connectivity index (χ0n) is 13.5. The smallest absolute Gasteiger partial charge is 0.329 e. The van der Waals surface area contributed by atoms with Gasteiger partial charge in [0.2, 0.25) is 5.91 Å². The number of methoxy groups -OCH3 is 1. The first-order chi connectivity index (χ1) is 10.8. The number of nitrogens with zero attached hydrogens (tertiary/aromatic N) is 3. The Balaban J connectivity index is 2.29. The first kappa shape index (κ1) is 17.0. The number of hydrogen-bond donors (Lipinski definition) is 1. The van der Waals surface area contributed by atoms with E-state index in [0.717, 1.165) is 11.4 Å². The zero-order valence-corrected chi connectivity index (χ0v) is 13.5. The summed E-state index contributed by atoms with van der Waals surface area (Å²) in [6.45, 7) is 4.24. The fraction of sp³-hybridized carbons (Fsp3) is 0.600. The second kappa shape index (κ2) is 6.80. The first-order valence-corrected chi connectivity index (χ1v) is 7.48. The molecule has 0 saturated heterocycles. The summed E-state index contributed by atoms with van der Waals surface area (Å²) in [6.07, 6.45) is 1.57. The third kappa shape index (κ3) is 3.52. The summed E-state index contributed by atoms with van der Waals surface area (Å²) < 4.78 is 6.74. The van der Waals surface area contributed by atoms with Gasteiger partial charge in [0.15, 0.2) is 0 Å². The van der Waals surface area contributed by atoms with Crippen molar-refractivity contribution in [2.24, 2.45) is 0 Å². The number of fused-ring (bicyclic) bond motifs is 1. The molecule has 2 heterocycles. The maximum Gasteiger partial charge on any atom is 0.329 e. The number of amides is 1. The summed E-state index contributed by atoms with van der Waals surface area (Å²) >= 11 is 0. The van der Waals surface area contributed by atoms with Crippen LogP contribution in [0.5, 0.6) is 0 Å². The molecule has 0 saturated carbocycles. The standard InChI is InChI=1S/C15H21N3O5/c1-9(2)18-8-16-10-6-11(15(22)23-3)17(7-12(10)18)13(19)4-5-14(20)21/h8-9,11H,4-7H2,1-3H3,(H,20,21). The molecule has 0 aliphatic carbocycles. The Labute approximate surface area is 134 Å². The van der Waals surface area contributed by atoms with Gasteiger partial charge in [0.1, 0.15) is 6.04 Å². The Bertz CT molecular complexity index is 623. The van der Waals surface area contributed by atoms with E-state index in [1.807, 2.05) is 18.4 Å². The third-order valence-electron chi connectivity index (χ3n) is 3.97. The SMILES string of the molecule is COC(=O)C1Cc2ncn(C(C)C)c2CN1C(=O)CCC(=O)O. The van der Waals surface area contributed by atoms with Gasteiger partial charge in [-0.15, -0.1) is 0 Å². The average molecular weight is 323 g/mol. The lowest BCUT2D eigenvalue weighted by Gasteiger charge is -2.34. The van der Waals surface area contributed by atoms with Gasteiger partial charge >= 0.3 is 11.9 Å².